The zero-order chi connectivity index (χ0) is 13.1. The summed E-state index contributed by atoms with van der Waals surface area (Å²) in [4.78, 5) is 2.52. The highest BCUT2D eigenvalue weighted by Crippen LogP contribution is 2.23. The Labute approximate surface area is 111 Å². The molecule has 2 rings (SSSR count). The molecule has 1 atom stereocenters. The van der Waals surface area contributed by atoms with Crippen molar-refractivity contribution in [1.29, 1.82) is 0 Å². The maximum Gasteiger partial charge on any atom is 0.0429 e. The second kappa shape index (κ2) is 5.85. The van der Waals surface area contributed by atoms with Gasteiger partial charge in [-0.05, 0) is 63.4 Å². The Balaban J connectivity index is 2.10. The van der Waals surface area contributed by atoms with Gasteiger partial charge in [-0.3, -0.25) is 0 Å². The molecule has 0 saturated carbocycles. The molecule has 0 amide bonds. The van der Waals surface area contributed by atoms with Crippen LogP contribution >= 0.6 is 0 Å². The molecule has 1 aliphatic rings. The highest BCUT2D eigenvalue weighted by Gasteiger charge is 2.17. The van der Waals surface area contributed by atoms with E-state index in [-0.39, 0.29) is 6.04 Å². The monoisotopic (exact) mass is 246 g/mol. The lowest BCUT2D eigenvalue weighted by Gasteiger charge is -2.30. The second-order valence-corrected chi connectivity index (χ2v) is 5.78. The molecule has 0 radical (unpaired) electrons. The fraction of sp³-hybridized carbons (Fsp3) is 0.625. The van der Waals surface area contributed by atoms with Crippen LogP contribution in [0.1, 0.15) is 47.6 Å². The van der Waals surface area contributed by atoms with E-state index in [0.717, 1.165) is 6.54 Å². The molecule has 1 fully saturated rings. The van der Waals surface area contributed by atoms with E-state index in [1.807, 2.05) is 0 Å². The van der Waals surface area contributed by atoms with Crippen LogP contribution in [-0.2, 0) is 0 Å². The first kappa shape index (κ1) is 13.6. The van der Waals surface area contributed by atoms with Gasteiger partial charge in [0.15, 0.2) is 0 Å². The predicted octanol–water partition coefficient (Wildman–Crippen LogP) is 3.10. The molecule has 1 aromatic carbocycles. The van der Waals surface area contributed by atoms with Gasteiger partial charge < -0.3 is 10.6 Å². The summed E-state index contributed by atoms with van der Waals surface area (Å²) in [7, 11) is 0. The van der Waals surface area contributed by atoms with Crippen molar-refractivity contribution in [2.24, 2.45) is 5.73 Å². The van der Waals surface area contributed by atoms with Crippen molar-refractivity contribution in [2.75, 3.05) is 19.6 Å². The van der Waals surface area contributed by atoms with Crippen molar-refractivity contribution in [1.82, 2.24) is 4.90 Å². The van der Waals surface area contributed by atoms with Gasteiger partial charge >= 0.3 is 0 Å². The molecule has 2 heteroatoms. The number of aryl methyl sites for hydroxylation is 3. The van der Waals surface area contributed by atoms with E-state index in [9.17, 15) is 0 Å². The average Bonchev–Trinajstić information content (AvgIpc) is 2.28. The van der Waals surface area contributed by atoms with Crippen LogP contribution in [0.3, 0.4) is 0 Å². The number of nitrogens with two attached hydrogens (primary N) is 1. The molecule has 2 N–H and O–H groups in total. The van der Waals surface area contributed by atoms with Gasteiger partial charge in [-0.15, -0.1) is 0 Å². The van der Waals surface area contributed by atoms with Crippen LogP contribution in [0.5, 0.6) is 0 Å². The standard InChI is InChI=1S/C16H26N2/c1-12-9-13(2)16(14(3)10-12)15(17)11-18-7-5-4-6-8-18/h9-10,15H,4-8,11,17H2,1-3H3. The lowest BCUT2D eigenvalue weighted by molar-refractivity contribution is 0.216. The van der Waals surface area contributed by atoms with E-state index in [1.54, 1.807) is 0 Å². The largest absolute Gasteiger partial charge is 0.323 e. The van der Waals surface area contributed by atoms with Gasteiger partial charge in [-0.1, -0.05) is 24.1 Å². The normalized spacial score (nSPS) is 18.9. The van der Waals surface area contributed by atoms with E-state index in [2.05, 4.69) is 37.8 Å². The Morgan fingerprint density at radius 2 is 1.61 bits per heavy atom. The molecule has 2 nitrogen and oxygen atoms in total. The second-order valence-electron chi connectivity index (χ2n) is 5.78. The van der Waals surface area contributed by atoms with Gasteiger partial charge in [0.2, 0.25) is 0 Å². The number of rotatable bonds is 3. The molecular weight excluding hydrogens is 220 g/mol. The number of nitrogens with zero attached hydrogens (tertiary/aromatic N) is 1. The molecule has 100 valence electrons. The van der Waals surface area contributed by atoms with Crippen molar-refractivity contribution in [3.63, 3.8) is 0 Å². The molecule has 0 bridgehead atoms. The highest BCUT2D eigenvalue weighted by molar-refractivity contribution is 5.39. The smallest absolute Gasteiger partial charge is 0.0429 e. The first-order valence-electron chi connectivity index (χ1n) is 7.13. The Kier molecular flexibility index (Phi) is 4.41. The predicted molar refractivity (Wildman–Crippen MR) is 77.9 cm³/mol. The number of piperidine rings is 1. The maximum absolute atomic E-state index is 6.44. The highest BCUT2D eigenvalue weighted by atomic mass is 15.1. The first-order chi connectivity index (χ1) is 8.58. The molecule has 0 aromatic heterocycles. The van der Waals surface area contributed by atoms with Crippen molar-refractivity contribution in [3.05, 3.63) is 34.4 Å². The van der Waals surface area contributed by atoms with Gasteiger partial charge in [-0.25, -0.2) is 0 Å². The summed E-state index contributed by atoms with van der Waals surface area (Å²) in [5, 5.41) is 0. The Morgan fingerprint density at radius 1 is 1.06 bits per heavy atom. The maximum atomic E-state index is 6.44. The molecular formula is C16H26N2. The number of hydrogen-bond donors (Lipinski definition) is 1. The van der Waals surface area contributed by atoms with E-state index < -0.39 is 0 Å². The van der Waals surface area contributed by atoms with Gasteiger partial charge in [0.1, 0.15) is 0 Å². The summed E-state index contributed by atoms with van der Waals surface area (Å²) < 4.78 is 0. The van der Waals surface area contributed by atoms with Crippen LogP contribution in [0, 0.1) is 20.8 Å². The Bertz CT molecular complexity index is 383. The molecule has 1 heterocycles. The van der Waals surface area contributed by atoms with Crippen molar-refractivity contribution in [3.8, 4) is 0 Å². The van der Waals surface area contributed by atoms with Crippen molar-refractivity contribution < 1.29 is 0 Å². The van der Waals surface area contributed by atoms with Gasteiger partial charge in [0, 0.05) is 12.6 Å². The fourth-order valence-corrected chi connectivity index (χ4v) is 3.29. The number of benzene rings is 1. The number of hydrogen-bond acceptors (Lipinski definition) is 2. The minimum absolute atomic E-state index is 0.156. The number of likely N-dealkylation sites (tertiary alicyclic amines) is 1. The van der Waals surface area contributed by atoms with Crippen LogP contribution in [0.15, 0.2) is 12.1 Å². The van der Waals surface area contributed by atoms with Crippen LogP contribution in [-0.4, -0.2) is 24.5 Å². The topological polar surface area (TPSA) is 29.3 Å². The first-order valence-corrected chi connectivity index (χ1v) is 7.13. The Hall–Kier alpha value is -0.860. The van der Waals surface area contributed by atoms with Gasteiger partial charge in [0.25, 0.3) is 0 Å². The lowest BCUT2D eigenvalue weighted by atomic mass is 9.94. The summed E-state index contributed by atoms with van der Waals surface area (Å²) in [5.74, 6) is 0. The van der Waals surface area contributed by atoms with Gasteiger partial charge in [-0.2, -0.15) is 0 Å². The van der Waals surface area contributed by atoms with Gasteiger partial charge in [0.05, 0.1) is 0 Å². The summed E-state index contributed by atoms with van der Waals surface area (Å²) >= 11 is 0. The molecule has 1 saturated heterocycles. The minimum Gasteiger partial charge on any atom is -0.323 e. The fourth-order valence-electron chi connectivity index (χ4n) is 3.29. The Morgan fingerprint density at radius 3 is 2.17 bits per heavy atom. The van der Waals surface area contributed by atoms with E-state index in [1.165, 1.54) is 54.6 Å². The molecule has 1 aromatic rings. The zero-order valence-electron chi connectivity index (χ0n) is 12.0. The lowest BCUT2D eigenvalue weighted by Crippen LogP contribution is -2.36. The minimum atomic E-state index is 0.156. The molecule has 1 aliphatic heterocycles. The third kappa shape index (κ3) is 3.12. The summed E-state index contributed by atoms with van der Waals surface area (Å²) in [5.41, 5.74) is 11.8. The molecule has 18 heavy (non-hydrogen) atoms. The van der Waals surface area contributed by atoms with E-state index in [0.29, 0.717) is 0 Å². The van der Waals surface area contributed by atoms with Crippen LogP contribution in [0.4, 0.5) is 0 Å². The third-order valence-corrected chi connectivity index (χ3v) is 4.01. The summed E-state index contributed by atoms with van der Waals surface area (Å²) in [6.07, 6.45) is 4.05. The van der Waals surface area contributed by atoms with Crippen LogP contribution < -0.4 is 5.73 Å². The third-order valence-electron chi connectivity index (χ3n) is 4.01. The molecule has 1 unspecified atom stereocenters. The zero-order valence-corrected chi connectivity index (χ0v) is 12.0. The average molecular weight is 246 g/mol. The van der Waals surface area contributed by atoms with Crippen LogP contribution in [0.25, 0.3) is 0 Å². The molecule has 0 spiro atoms. The van der Waals surface area contributed by atoms with Crippen LogP contribution in [0.2, 0.25) is 0 Å². The van der Waals surface area contributed by atoms with Crippen molar-refractivity contribution in [2.45, 2.75) is 46.1 Å². The van der Waals surface area contributed by atoms with E-state index in [4.69, 9.17) is 5.73 Å². The SMILES string of the molecule is Cc1cc(C)c(C(N)CN2CCCCC2)c(C)c1. The van der Waals surface area contributed by atoms with Crippen molar-refractivity contribution >= 4 is 0 Å². The van der Waals surface area contributed by atoms with E-state index >= 15 is 0 Å². The molecule has 0 aliphatic carbocycles. The quantitative estimate of drug-likeness (QED) is 0.888. The summed E-state index contributed by atoms with van der Waals surface area (Å²) in [6, 6.07) is 4.65. The summed E-state index contributed by atoms with van der Waals surface area (Å²) in [6.45, 7) is 9.97.